The Bertz CT molecular complexity index is 427. The molecule has 0 heterocycles. The van der Waals surface area contributed by atoms with Gasteiger partial charge in [0.1, 0.15) is 6.61 Å². The molecule has 1 N–H and O–H groups in total. The second-order valence-corrected chi connectivity index (χ2v) is 5.17. The minimum absolute atomic E-state index is 0.0354. The van der Waals surface area contributed by atoms with Crippen molar-refractivity contribution in [2.24, 2.45) is 0 Å². The van der Waals surface area contributed by atoms with E-state index in [0.29, 0.717) is 23.0 Å². The molecule has 1 aromatic rings. The smallest absolute Gasteiger partial charge is 0.370 e. The van der Waals surface area contributed by atoms with Gasteiger partial charge in [-0.2, -0.15) is 13.2 Å². The van der Waals surface area contributed by atoms with Crippen molar-refractivity contribution in [1.29, 1.82) is 0 Å². The molecular weight excluding hydrogens is 314 g/mol. The van der Waals surface area contributed by atoms with Gasteiger partial charge in [0.15, 0.2) is 0 Å². The second-order valence-electron chi connectivity index (χ2n) is 4.32. The van der Waals surface area contributed by atoms with E-state index in [9.17, 15) is 13.2 Å². The number of likely N-dealkylation sites (N-methyl/N-ethyl adjacent to an activating group) is 1. The first-order chi connectivity index (χ1) is 9.31. The number of rotatable bonds is 7. The van der Waals surface area contributed by atoms with E-state index in [1.54, 1.807) is 18.2 Å². The van der Waals surface area contributed by atoms with Gasteiger partial charge in [0.05, 0.1) is 6.61 Å². The summed E-state index contributed by atoms with van der Waals surface area (Å²) in [5, 5.41) is 4.09. The normalized spacial score (nSPS) is 13.5. The molecule has 0 saturated carbocycles. The molecule has 1 aromatic carbocycles. The van der Waals surface area contributed by atoms with Gasteiger partial charge in [-0.1, -0.05) is 36.2 Å². The Morgan fingerprint density at radius 3 is 2.55 bits per heavy atom. The van der Waals surface area contributed by atoms with Gasteiger partial charge >= 0.3 is 6.18 Å². The van der Waals surface area contributed by atoms with E-state index in [1.807, 2.05) is 6.92 Å². The third-order valence-electron chi connectivity index (χ3n) is 2.56. The summed E-state index contributed by atoms with van der Waals surface area (Å²) in [6, 6.07) is 4.83. The highest BCUT2D eigenvalue weighted by molar-refractivity contribution is 6.35. The van der Waals surface area contributed by atoms with E-state index in [1.165, 1.54) is 0 Å². The van der Waals surface area contributed by atoms with Crippen LogP contribution in [0.2, 0.25) is 10.0 Å². The van der Waals surface area contributed by atoms with Crippen LogP contribution in [0.5, 0.6) is 0 Å². The molecule has 1 unspecified atom stereocenters. The fraction of sp³-hybridized carbons (Fsp3) is 0.538. The number of alkyl halides is 3. The molecule has 0 aliphatic rings. The average Bonchev–Trinajstić information content (AvgIpc) is 2.31. The molecule has 0 aliphatic heterocycles. The van der Waals surface area contributed by atoms with Crippen LogP contribution in [0.3, 0.4) is 0 Å². The molecular formula is C13H16Cl2F3NO. The molecule has 0 aromatic heterocycles. The maximum absolute atomic E-state index is 12.0. The van der Waals surface area contributed by atoms with Gasteiger partial charge in [0.25, 0.3) is 0 Å². The second kappa shape index (κ2) is 8.08. The van der Waals surface area contributed by atoms with E-state index in [-0.39, 0.29) is 12.6 Å². The van der Waals surface area contributed by atoms with E-state index < -0.39 is 12.8 Å². The molecule has 2 nitrogen and oxygen atoms in total. The van der Waals surface area contributed by atoms with Gasteiger partial charge in [-0.25, -0.2) is 0 Å². The van der Waals surface area contributed by atoms with Crippen LogP contribution >= 0.6 is 23.2 Å². The standard InChI is InChI=1S/C13H16Cl2F3NO/c1-2-19-11(7-20-8-13(16,17)18)5-9-3-4-10(14)6-12(9)15/h3-4,6,11,19H,2,5,7-8H2,1H3. The summed E-state index contributed by atoms with van der Waals surface area (Å²) in [7, 11) is 0. The maximum Gasteiger partial charge on any atom is 0.411 e. The molecule has 0 aliphatic carbocycles. The number of ether oxygens (including phenoxy) is 1. The van der Waals surface area contributed by atoms with E-state index in [0.717, 1.165) is 5.56 Å². The topological polar surface area (TPSA) is 21.3 Å². The van der Waals surface area contributed by atoms with Crippen LogP contribution in [-0.4, -0.2) is 32.0 Å². The molecule has 0 saturated heterocycles. The van der Waals surface area contributed by atoms with Crippen LogP contribution in [-0.2, 0) is 11.2 Å². The van der Waals surface area contributed by atoms with Crippen LogP contribution in [0.15, 0.2) is 18.2 Å². The minimum Gasteiger partial charge on any atom is -0.370 e. The van der Waals surface area contributed by atoms with Crippen LogP contribution in [0.25, 0.3) is 0 Å². The molecule has 0 spiro atoms. The van der Waals surface area contributed by atoms with Gasteiger partial charge in [-0.3, -0.25) is 0 Å². The quantitative estimate of drug-likeness (QED) is 0.813. The molecule has 114 valence electrons. The van der Waals surface area contributed by atoms with Crippen LogP contribution in [0.1, 0.15) is 12.5 Å². The molecule has 0 amide bonds. The lowest BCUT2D eigenvalue weighted by Crippen LogP contribution is -2.36. The van der Waals surface area contributed by atoms with Crippen LogP contribution in [0.4, 0.5) is 13.2 Å². The highest BCUT2D eigenvalue weighted by Crippen LogP contribution is 2.22. The van der Waals surface area contributed by atoms with Gasteiger partial charge in [0.2, 0.25) is 0 Å². The maximum atomic E-state index is 12.0. The summed E-state index contributed by atoms with van der Waals surface area (Å²) < 4.78 is 40.8. The van der Waals surface area contributed by atoms with Gasteiger partial charge in [-0.05, 0) is 30.7 Å². The Hall–Kier alpha value is -0.490. The number of nitrogens with one attached hydrogen (secondary N) is 1. The lowest BCUT2D eigenvalue weighted by Gasteiger charge is -2.19. The molecule has 20 heavy (non-hydrogen) atoms. The molecule has 0 radical (unpaired) electrons. The number of halogens is 5. The molecule has 0 bridgehead atoms. The molecule has 7 heteroatoms. The van der Waals surface area contributed by atoms with Crippen LogP contribution in [0, 0.1) is 0 Å². The van der Waals surface area contributed by atoms with Crippen molar-refractivity contribution in [2.75, 3.05) is 19.8 Å². The van der Waals surface area contributed by atoms with Crippen molar-refractivity contribution in [3.05, 3.63) is 33.8 Å². The minimum atomic E-state index is -4.31. The summed E-state index contributed by atoms with van der Waals surface area (Å²) in [6.45, 7) is 1.22. The zero-order valence-electron chi connectivity index (χ0n) is 10.9. The Kier molecular flexibility index (Phi) is 7.09. The zero-order valence-corrected chi connectivity index (χ0v) is 12.4. The summed E-state index contributed by atoms with van der Waals surface area (Å²) >= 11 is 11.8. The van der Waals surface area contributed by atoms with Crippen molar-refractivity contribution >= 4 is 23.2 Å². The first-order valence-electron chi connectivity index (χ1n) is 6.13. The summed E-state index contributed by atoms with van der Waals surface area (Å²) in [6.07, 6.45) is -3.84. The molecule has 0 fully saturated rings. The Morgan fingerprint density at radius 1 is 1.30 bits per heavy atom. The highest BCUT2D eigenvalue weighted by Gasteiger charge is 2.28. The lowest BCUT2D eigenvalue weighted by atomic mass is 10.1. The average molecular weight is 330 g/mol. The third kappa shape index (κ3) is 6.79. The Morgan fingerprint density at radius 2 is 2.00 bits per heavy atom. The zero-order chi connectivity index (χ0) is 15.2. The fourth-order valence-corrected chi connectivity index (χ4v) is 2.23. The van der Waals surface area contributed by atoms with Crippen molar-refractivity contribution in [2.45, 2.75) is 25.6 Å². The Labute approximate surface area is 126 Å². The SMILES string of the molecule is CCNC(COCC(F)(F)F)Cc1ccc(Cl)cc1Cl. The third-order valence-corrected chi connectivity index (χ3v) is 3.15. The predicted molar refractivity (Wildman–Crippen MR) is 74.5 cm³/mol. The van der Waals surface area contributed by atoms with Gasteiger partial charge < -0.3 is 10.1 Å². The van der Waals surface area contributed by atoms with E-state index in [4.69, 9.17) is 27.9 Å². The summed E-state index contributed by atoms with van der Waals surface area (Å²) in [4.78, 5) is 0. The Balaban J connectivity index is 2.57. The van der Waals surface area contributed by atoms with Crippen molar-refractivity contribution in [3.63, 3.8) is 0 Å². The fourth-order valence-electron chi connectivity index (χ4n) is 1.75. The number of hydrogen-bond acceptors (Lipinski definition) is 2. The van der Waals surface area contributed by atoms with Crippen LogP contribution < -0.4 is 5.32 Å². The van der Waals surface area contributed by atoms with Gasteiger partial charge in [-0.15, -0.1) is 0 Å². The highest BCUT2D eigenvalue weighted by atomic mass is 35.5. The first-order valence-corrected chi connectivity index (χ1v) is 6.89. The molecule has 1 atom stereocenters. The predicted octanol–water partition coefficient (Wildman–Crippen LogP) is 4.09. The first kappa shape index (κ1) is 17.6. The van der Waals surface area contributed by atoms with Crippen molar-refractivity contribution in [3.8, 4) is 0 Å². The number of benzene rings is 1. The summed E-state index contributed by atoms with van der Waals surface area (Å²) in [5.41, 5.74) is 0.817. The largest absolute Gasteiger partial charge is 0.411 e. The van der Waals surface area contributed by atoms with Gasteiger partial charge in [0, 0.05) is 16.1 Å². The van der Waals surface area contributed by atoms with E-state index >= 15 is 0 Å². The summed E-state index contributed by atoms with van der Waals surface area (Å²) in [5.74, 6) is 0. The number of hydrogen-bond donors (Lipinski definition) is 1. The van der Waals surface area contributed by atoms with Crippen molar-refractivity contribution < 1.29 is 17.9 Å². The van der Waals surface area contributed by atoms with Crippen molar-refractivity contribution in [1.82, 2.24) is 5.32 Å². The van der Waals surface area contributed by atoms with E-state index in [2.05, 4.69) is 5.32 Å². The lowest BCUT2D eigenvalue weighted by molar-refractivity contribution is -0.175. The molecule has 1 rings (SSSR count). The monoisotopic (exact) mass is 329 g/mol.